The number of unbranched alkanes of at least 4 members (excludes halogenated alkanes) is 1. The van der Waals surface area contributed by atoms with Gasteiger partial charge in [0, 0.05) is 12.7 Å². The maximum Gasteiger partial charge on any atom is 0.303 e. The van der Waals surface area contributed by atoms with Crippen molar-refractivity contribution in [1.29, 1.82) is 0 Å². The first-order valence-corrected chi connectivity index (χ1v) is 7.29. The van der Waals surface area contributed by atoms with Crippen LogP contribution in [0.4, 0.5) is 0 Å². The fourth-order valence-electron chi connectivity index (χ4n) is 1.51. The quantitative estimate of drug-likeness (QED) is 0.789. The van der Waals surface area contributed by atoms with Gasteiger partial charge in [-0.1, -0.05) is 12.1 Å². The van der Waals surface area contributed by atoms with Crippen molar-refractivity contribution in [2.45, 2.75) is 30.6 Å². The fourth-order valence-corrected chi connectivity index (χ4v) is 2.14. The molecule has 0 unspecified atom stereocenters. The highest BCUT2D eigenvalue weighted by molar-refractivity contribution is 7.90. The van der Waals surface area contributed by atoms with Crippen molar-refractivity contribution in [2.75, 3.05) is 6.26 Å². The summed E-state index contributed by atoms with van der Waals surface area (Å²) in [5.41, 5.74) is 1.03. The molecule has 0 heterocycles. The second-order valence-electron chi connectivity index (χ2n) is 4.02. The number of sulfone groups is 1. The van der Waals surface area contributed by atoms with Crippen molar-refractivity contribution in [2.24, 2.45) is 0 Å². The molecule has 1 N–H and O–H groups in total. The number of carbonyl (C=O) groups is 1. The van der Waals surface area contributed by atoms with Crippen molar-refractivity contribution in [1.82, 2.24) is 0 Å². The summed E-state index contributed by atoms with van der Waals surface area (Å²) in [5, 5.41) is 8.47. The lowest BCUT2D eigenvalue weighted by molar-refractivity contribution is -0.137. The SMILES string of the molecule is CS(=O)(=O)c1ccc(CCCCC(=O)O)cc1. The van der Waals surface area contributed by atoms with E-state index in [2.05, 4.69) is 0 Å². The molecule has 0 atom stereocenters. The largest absolute Gasteiger partial charge is 0.481 e. The van der Waals surface area contributed by atoms with Gasteiger partial charge in [-0.3, -0.25) is 4.79 Å². The molecule has 0 bridgehead atoms. The first-order valence-electron chi connectivity index (χ1n) is 5.40. The van der Waals surface area contributed by atoms with Gasteiger partial charge in [-0.25, -0.2) is 8.42 Å². The number of aryl methyl sites for hydroxylation is 1. The van der Waals surface area contributed by atoms with Crippen LogP contribution in [-0.4, -0.2) is 25.7 Å². The molecule has 94 valence electrons. The molecular weight excluding hydrogens is 240 g/mol. The van der Waals surface area contributed by atoms with Gasteiger partial charge in [-0.05, 0) is 37.0 Å². The molecule has 0 aliphatic heterocycles. The predicted octanol–water partition coefficient (Wildman–Crippen LogP) is 1.89. The zero-order chi connectivity index (χ0) is 12.9. The van der Waals surface area contributed by atoms with E-state index in [1.807, 2.05) is 0 Å². The average Bonchev–Trinajstić information content (AvgIpc) is 2.23. The number of benzene rings is 1. The summed E-state index contributed by atoms with van der Waals surface area (Å²) in [6, 6.07) is 6.72. The van der Waals surface area contributed by atoms with Crippen LogP contribution < -0.4 is 0 Å². The molecule has 0 aromatic heterocycles. The Kier molecular flexibility index (Phi) is 4.69. The van der Waals surface area contributed by atoms with Crippen LogP contribution in [0, 0.1) is 0 Å². The Hall–Kier alpha value is -1.36. The van der Waals surface area contributed by atoms with E-state index < -0.39 is 15.8 Å². The lowest BCUT2D eigenvalue weighted by Gasteiger charge is -2.02. The molecule has 17 heavy (non-hydrogen) atoms. The van der Waals surface area contributed by atoms with Crippen LogP contribution in [0.3, 0.4) is 0 Å². The first kappa shape index (κ1) is 13.7. The van der Waals surface area contributed by atoms with Gasteiger partial charge in [0.25, 0.3) is 0 Å². The molecule has 0 spiro atoms. The molecule has 4 nitrogen and oxygen atoms in total. The zero-order valence-corrected chi connectivity index (χ0v) is 10.5. The van der Waals surface area contributed by atoms with Gasteiger partial charge < -0.3 is 5.11 Å². The number of carboxylic acids is 1. The van der Waals surface area contributed by atoms with Crippen LogP contribution in [-0.2, 0) is 21.1 Å². The van der Waals surface area contributed by atoms with Crippen LogP contribution in [0.2, 0.25) is 0 Å². The normalized spacial score (nSPS) is 11.4. The Morgan fingerprint density at radius 2 is 1.76 bits per heavy atom. The van der Waals surface area contributed by atoms with Gasteiger partial charge in [-0.15, -0.1) is 0 Å². The van der Waals surface area contributed by atoms with E-state index in [4.69, 9.17) is 5.11 Å². The highest BCUT2D eigenvalue weighted by Crippen LogP contribution is 2.12. The van der Waals surface area contributed by atoms with Crippen LogP contribution in [0.5, 0.6) is 0 Å². The second-order valence-corrected chi connectivity index (χ2v) is 6.03. The van der Waals surface area contributed by atoms with Crippen molar-refractivity contribution in [3.63, 3.8) is 0 Å². The fraction of sp³-hybridized carbons (Fsp3) is 0.417. The van der Waals surface area contributed by atoms with Gasteiger partial charge in [0.05, 0.1) is 4.90 Å². The van der Waals surface area contributed by atoms with Gasteiger partial charge in [0.1, 0.15) is 0 Å². The maximum atomic E-state index is 11.2. The highest BCUT2D eigenvalue weighted by atomic mass is 32.2. The van der Waals surface area contributed by atoms with Gasteiger partial charge in [0.2, 0.25) is 0 Å². The van der Waals surface area contributed by atoms with E-state index in [0.717, 1.165) is 18.4 Å². The minimum Gasteiger partial charge on any atom is -0.481 e. The molecule has 0 aliphatic rings. The standard InChI is InChI=1S/C12H16O4S/c1-17(15,16)11-8-6-10(7-9-11)4-2-3-5-12(13)14/h6-9H,2-5H2,1H3,(H,13,14). The van der Waals surface area contributed by atoms with Crippen LogP contribution in [0.1, 0.15) is 24.8 Å². The molecule has 1 aromatic rings. The zero-order valence-electron chi connectivity index (χ0n) is 9.72. The van der Waals surface area contributed by atoms with Crippen LogP contribution >= 0.6 is 0 Å². The van der Waals surface area contributed by atoms with Gasteiger partial charge in [-0.2, -0.15) is 0 Å². The minimum atomic E-state index is -3.13. The van der Waals surface area contributed by atoms with Crippen LogP contribution in [0.15, 0.2) is 29.2 Å². The molecule has 0 saturated heterocycles. The van der Waals surface area contributed by atoms with Crippen LogP contribution in [0.25, 0.3) is 0 Å². The lowest BCUT2D eigenvalue weighted by atomic mass is 10.1. The monoisotopic (exact) mass is 256 g/mol. The summed E-state index contributed by atoms with van der Waals surface area (Å²) < 4.78 is 22.4. The van der Waals surface area contributed by atoms with Crippen molar-refractivity contribution >= 4 is 15.8 Å². The Morgan fingerprint density at radius 1 is 1.18 bits per heavy atom. The minimum absolute atomic E-state index is 0.182. The summed E-state index contributed by atoms with van der Waals surface area (Å²) in [6.07, 6.45) is 3.57. The third-order valence-electron chi connectivity index (χ3n) is 2.46. The lowest BCUT2D eigenvalue weighted by Crippen LogP contribution is -1.97. The molecule has 0 fully saturated rings. The summed E-state index contributed by atoms with van der Waals surface area (Å²) in [7, 11) is -3.13. The summed E-state index contributed by atoms with van der Waals surface area (Å²) in [6.45, 7) is 0. The molecule has 0 radical (unpaired) electrons. The number of rotatable bonds is 6. The van der Waals surface area contributed by atoms with E-state index in [-0.39, 0.29) is 6.42 Å². The predicted molar refractivity (Wildman–Crippen MR) is 64.7 cm³/mol. The molecule has 5 heteroatoms. The second kappa shape index (κ2) is 5.82. The molecule has 1 aromatic carbocycles. The Balaban J connectivity index is 2.49. The first-order chi connectivity index (χ1) is 7.89. The number of hydrogen-bond acceptors (Lipinski definition) is 3. The molecular formula is C12H16O4S. The molecule has 0 saturated carbocycles. The third kappa shape index (κ3) is 4.99. The van der Waals surface area contributed by atoms with Gasteiger partial charge in [0.15, 0.2) is 9.84 Å². The Labute approximate surface area is 101 Å². The topological polar surface area (TPSA) is 71.4 Å². The summed E-state index contributed by atoms with van der Waals surface area (Å²) in [5.74, 6) is -0.780. The van der Waals surface area contributed by atoms with E-state index >= 15 is 0 Å². The van der Waals surface area contributed by atoms with E-state index in [1.165, 1.54) is 6.26 Å². The summed E-state index contributed by atoms with van der Waals surface area (Å²) in [4.78, 5) is 10.6. The van der Waals surface area contributed by atoms with Crippen molar-refractivity contribution < 1.29 is 18.3 Å². The Morgan fingerprint density at radius 3 is 2.24 bits per heavy atom. The van der Waals surface area contributed by atoms with E-state index in [0.29, 0.717) is 11.3 Å². The molecule has 0 aliphatic carbocycles. The van der Waals surface area contributed by atoms with E-state index in [9.17, 15) is 13.2 Å². The number of carboxylic acid groups (broad SMARTS) is 1. The van der Waals surface area contributed by atoms with E-state index in [1.54, 1.807) is 24.3 Å². The molecule has 0 amide bonds. The number of aliphatic carboxylic acids is 1. The third-order valence-corrected chi connectivity index (χ3v) is 3.59. The van der Waals surface area contributed by atoms with Gasteiger partial charge >= 0.3 is 5.97 Å². The number of hydrogen-bond donors (Lipinski definition) is 1. The smallest absolute Gasteiger partial charge is 0.303 e. The van der Waals surface area contributed by atoms with Crippen molar-refractivity contribution in [3.8, 4) is 0 Å². The average molecular weight is 256 g/mol. The summed E-state index contributed by atoms with van der Waals surface area (Å²) >= 11 is 0. The van der Waals surface area contributed by atoms with Crippen molar-refractivity contribution in [3.05, 3.63) is 29.8 Å². The molecule has 1 rings (SSSR count). The Bertz CT molecular complexity index is 474. The highest BCUT2D eigenvalue weighted by Gasteiger charge is 2.05. The maximum absolute atomic E-state index is 11.2.